The summed E-state index contributed by atoms with van der Waals surface area (Å²) in [4.78, 5) is 14.2. The molecule has 9 aromatic rings. The Kier molecular flexibility index (Phi) is 9.68. The van der Waals surface area contributed by atoms with Crippen LogP contribution in [0.1, 0.15) is 0 Å². The number of aromatic nitrogens is 3. The fourth-order valence-corrected chi connectivity index (χ4v) is 18.7. The van der Waals surface area contributed by atoms with E-state index in [1.807, 2.05) is 0 Å². The summed E-state index contributed by atoms with van der Waals surface area (Å²) in [5, 5.41) is 10.4. The van der Waals surface area contributed by atoms with Crippen LogP contribution in [-0.4, -0.2) is 31.1 Å². The first-order chi connectivity index (χ1) is 27.8. The van der Waals surface area contributed by atoms with E-state index in [1.54, 1.807) is 12.7 Å². The highest BCUT2D eigenvalue weighted by atomic mass is 28.3. The Labute approximate surface area is 330 Å². The molecule has 8 aromatic carbocycles. The molecule has 0 spiro atoms. The lowest BCUT2D eigenvalue weighted by atomic mass is 9.99. The van der Waals surface area contributed by atoms with E-state index < -0.39 is 16.1 Å². The molecule has 0 aliphatic rings. The van der Waals surface area contributed by atoms with Gasteiger partial charge in [-0.05, 0) is 52.6 Å². The van der Waals surface area contributed by atoms with Gasteiger partial charge in [0.1, 0.15) is 12.7 Å². The van der Waals surface area contributed by atoms with Crippen LogP contribution in [0.15, 0.2) is 237 Å². The summed E-state index contributed by atoms with van der Waals surface area (Å²) < 4.78 is 0. The van der Waals surface area contributed by atoms with Gasteiger partial charge in [0.15, 0.2) is 22.0 Å². The molecule has 0 fully saturated rings. The van der Waals surface area contributed by atoms with Gasteiger partial charge in [-0.3, -0.25) is 0 Å². The first-order valence-electron chi connectivity index (χ1n) is 19.0. The van der Waals surface area contributed by atoms with Gasteiger partial charge >= 0.3 is 0 Å². The zero-order chi connectivity index (χ0) is 37.6. The van der Waals surface area contributed by atoms with Crippen molar-refractivity contribution in [2.45, 2.75) is 0 Å². The van der Waals surface area contributed by atoms with Crippen molar-refractivity contribution in [3.63, 3.8) is 0 Å². The van der Waals surface area contributed by atoms with E-state index in [1.165, 1.54) is 41.5 Å². The molecule has 56 heavy (non-hydrogen) atoms. The molecule has 1 aromatic heterocycles. The van der Waals surface area contributed by atoms with Crippen molar-refractivity contribution in [3.8, 4) is 22.5 Å². The fraction of sp³-hybridized carbons (Fsp3) is 0. The Bertz CT molecular complexity index is 2460. The number of benzene rings is 8. The van der Waals surface area contributed by atoms with Crippen molar-refractivity contribution in [1.82, 2.24) is 15.0 Å². The molecule has 3 nitrogen and oxygen atoms in total. The number of nitrogens with zero attached hydrogens (tertiary/aromatic N) is 3. The maximum absolute atomic E-state index is 4.97. The largest absolute Gasteiger partial charge is 0.225 e. The van der Waals surface area contributed by atoms with Gasteiger partial charge < -0.3 is 0 Å². The predicted octanol–water partition coefficient (Wildman–Crippen LogP) is 5.96. The van der Waals surface area contributed by atoms with E-state index >= 15 is 0 Å². The predicted molar refractivity (Wildman–Crippen MR) is 238 cm³/mol. The number of hydrogen-bond acceptors (Lipinski definition) is 3. The zero-order valence-corrected chi connectivity index (χ0v) is 32.9. The minimum atomic E-state index is -3.18. The second-order valence-electron chi connectivity index (χ2n) is 14.0. The summed E-state index contributed by atoms with van der Waals surface area (Å²) >= 11 is 0. The SMILES string of the molecule is c1ccc(-c2cc([Si](c3ccccc3)(c3ccccc3)c3ccccc3)cc([Si](c3ccccc3)(c3ccccc3)c3ccccc3)c2-c2ncncn2)cc1. The maximum atomic E-state index is 4.97. The molecule has 0 bridgehead atoms. The molecule has 0 atom stereocenters. The second-order valence-corrected chi connectivity index (χ2v) is 21.6. The van der Waals surface area contributed by atoms with Crippen molar-refractivity contribution in [3.05, 3.63) is 237 Å². The van der Waals surface area contributed by atoms with Crippen molar-refractivity contribution in [2.24, 2.45) is 0 Å². The van der Waals surface area contributed by atoms with Gasteiger partial charge in [-0.15, -0.1) is 0 Å². The summed E-state index contributed by atoms with van der Waals surface area (Å²) in [5.74, 6) is 0.659. The van der Waals surface area contributed by atoms with E-state index in [0.717, 1.165) is 16.7 Å². The average molecular weight is 750 g/mol. The van der Waals surface area contributed by atoms with E-state index in [-0.39, 0.29) is 0 Å². The van der Waals surface area contributed by atoms with Gasteiger partial charge in [0.05, 0.1) is 0 Å². The van der Waals surface area contributed by atoms with E-state index in [2.05, 4.69) is 229 Å². The lowest BCUT2D eigenvalue weighted by molar-refractivity contribution is 1.06. The van der Waals surface area contributed by atoms with E-state index in [9.17, 15) is 0 Å². The Balaban J connectivity index is 1.57. The van der Waals surface area contributed by atoms with Crippen LogP contribution >= 0.6 is 0 Å². The third-order valence-corrected chi connectivity index (χ3v) is 20.6. The Morgan fingerprint density at radius 1 is 0.304 bits per heavy atom. The molecule has 0 saturated heterocycles. The first-order valence-corrected chi connectivity index (χ1v) is 23.0. The van der Waals surface area contributed by atoms with Crippen molar-refractivity contribution < 1.29 is 0 Å². The topological polar surface area (TPSA) is 38.7 Å². The highest BCUT2D eigenvalue weighted by molar-refractivity contribution is 7.22. The van der Waals surface area contributed by atoms with Crippen molar-refractivity contribution >= 4 is 57.6 Å². The molecular formula is C51H39N3Si2. The minimum absolute atomic E-state index is 0.659. The van der Waals surface area contributed by atoms with Crippen LogP contribution < -0.4 is 41.5 Å². The zero-order valence-electron chi connectivity index (χ0n) is 30.9. The molecule has 0 aliphatic heterocycles. The third-order valence-electron chi connectivity index (χ3n) is 11.0. The van der Waals surface area contributed by atoms with Gasteiger partial charge in [0, 0.05) is 5.56 Å². The molecule has 0 aliphatic carbocycles. The smallest absolute Gasteiger partial charge is 0.180 e. The van der Waals surface area contributed by atoms with Gasteiger partial charge in [0.25, 0.3) is 0 Å². The Morgan fingerprint density at radius 2 is 0.625 bits per heavy atom. The first kappa shape index (κ1) is 34.9. The molecule has 0 saturated carbocycles. The number of hydrogen-bond donors (Lipinski definition) is 0. The van der Waals surface area contributed by atoms with Crippen LogP contribution in [0.2, 0.25) is 0 Å². The van der Waals surface area contributed by atoms with Gasteiger partial charge in [-0.25, -0.2) is 15.0 Å². The summed E-state index contributed by atoms with van der Waals surface area (Å²) in [6.07, 6.45) is 3.26. The number of rotatable bonds is 10. The Hall–Kier alpha value is -6.80. The Morgan fingerprint density at radius 3 is 0.982 bits per heavy atom. The molecule has 9 rings (SSSR count). The molecule has 5 heteroatoms. The van der Waals surface area contributed by atoms with Crippen LogP contribution in [0.5, 0.6) is 0 Å². The summed E-state index contributed by atoms with van der Waals surface area (Å²) in [7, 11) is -6.21. The lowest BCUT2D eigenvalue weighted by Gasteiger charge is -2.39. The molecule has 0 radical (unpaired) electrons. The monoisotopic (exact) mass is 749 g/mol. The molecule has 0 unspecified atom stereocenters. The maximum Gasteiger partial charge on any atom is 0.180 e. The van der Waals surface area contributed by atoms with Gasteiger partial charge in [0.2, 0.25) is 0 Å². The van der Waals surface area contributed by atoms with Crippen LogP contribution in [0.25, 0.3) is 22.5 Å². The molecule has 0 N–H and O–H groups in total. The second kappa shape index (κ2) is 15.5. The molecular weight excluding hydrogens is 711 g/mol. The van der Waals surface area contributed by atoms with Crippen molar-refractivity contribution in [1.29, 1.82) is 0 Å². The molecule has 1 heterocycles. The summed E-state index contributed by atoms with van der Waals surface area (Å²) in [6.45, 7) is 0. The van der Waals surface area contributed by atoms with Crippen LogP contribution in [0, 0.1) is 0 Å². The highest BCUT2D eigenvalue weighted by Crippen LogP contribution is 2.31. The lowest BCUT2D eigenvalue weighted by Crippen LogP contribution is -2.78. The van der Waals surface area contributed by atoms with Crippen LogP contribution in [0.3, 0.4) is 0 Å². The van der Waals surface area contributed by atoms with E-state index in [4.69, 9.17) is 9.97 Å². The van der Waals surface area contributed by atoms with Crippen LogP contribution in [-0.2, 0) is 0 Å². The summed E-state index contributed by atoms with van der Waals surface area (Å²) in [5.41, 5.74) is 3.24. The molecule has 0 amide bonds. The van der Waals surface area contributed by atoms with Gasteiger partial charge in [-0.2, -0.15) is 0 Å². The standard InChI is InChI=1S/C51H39N3Si2/c1-8-22-40(23-9-1)48-36-47(55(41-24-10-2-11-25-41,42-26-12-3-13-27-42)43-28-14-4-15-29-43)37-49(50(48)51-53-38-52-39-54-51)56(44-30-16-5-17-31-44,45-32-18-6-19-33-45)46-34-20-7-21-35-46/h1-39H. The van der Waals surface area contributed by atoms with Crippen LogP contribution in [0.4, 0.5) is 0 Å². The third kappa shape index (κ3) is 6.04. The quantitative estimate of drug-likeness (QED) is 0.128. The molecule has 266 valence electrons. The summed E-state index contributed by atoms with van der Waals surface area (Å²) in [6, 6.07) is 82.8. The van der Waals surface area contributed by atoms with E-state index in [0.29, 0.717) is 5.82 Å². The fourth-order valence-electron chi connectivity index (χ4n) is 8.70. The average Bonchev–Trinajstić information content (AvgIpc) is 3.30. The minimum Gasteiger partial charge on any atom is -0.225 e. The highest BCUT2D eigenvalue weighted by Gasteiger charge is 2.47. The van der Waals surface area contributed by atoms with Crippen molar-refractivity contribution in [2.75, 3.05) is 0 Å². The van der Waals surface area contributed by atoms with Gasteiger partial charge in [-0.1, -0.05) is 224 Å². The normalized spacial score (nSPS) is 11.6.